The van der Waals surface area contributed by atoms with Gasteiger partial charge in [-0.1, -0.05) is 90.5 Å². The Balaban J connectivity index is 1.45. The smallest absolute Gasteiger partial charge is 0.255 e. The van der Waals surface area contributed by atoms with Crippen molar-refractivity contribution in [2.24, 2.45) is 0 Å². The fraction of sp³-hybridized carbons (Fsp3) is 0.129. The molecule has 0 spiro atoms. The van der Waals surface area contributed by atoms with E-state index in [0.29, 0.717) is 27.8 Å². The second kappa shape index (κ2) is 10.9. The van der Waals surface area contributed by atoms with E-state index in [-0.39, 0.29) is 24.4 Å². The Morgan fingerprint density at radius 2 is 1.58 bits per heavy atom. The van der Waals surface area contributed by atoms with Crippen molar-refractivity contribution in [3.8, 4) is 16.9 Å². The van der Waals surface area contributed by atoms with E-state index in [1.165, 1.54) is 0 Å². The second-order valence-corrected chi connectivity index (χ2v) is 9.65. The number of aromatic nitrogens is 2. The van der Waals surface area contributed by atoms with Crippen LogP contribution in [0.25, 0.3) is 27.7 Å². The maximum atomic E-state index is 13.6. The van der Waals surface area contributed by atoms with E-state index < -0.39 is 0 Å². The largest absolute Gasteiger partial charge is 0.327 e. The number of carbonyl (C=O) groups is 2. The highest BCUT2D eigenvalue weighted by Gasteiger charge is 2.24. The number of carbonyl (C=O) groups excluding carboxylic acids is 2. The highest BCUT2D eigenvalue weighted by Crippen LogP contribution is 2.28. The summed E-state index contributed by atoms with van der Waals surface area (Å²) in [7, 11) is 0. The summed E-state index contributed by atoms with van der Waals surface area (Å²) in [5.74, 6) is -0.0695. The third-order valence-electron chi connectivity index (χ3n) is 6.35. The van der Waals surface area contributed by atoms with Crippen LogP contribution in [-0.2, 0) is 4.79 Å². The van der Waals surface area contributed by atoms with Crippen LogP contribution in [0.1, 0.15) is 24.2 Å². The Kier molecular flexibility index (Phi) is 7.24. The van der Waals surface area contributed by atoms with E-state index >= 15 is 0 Å². The summed E-state index contributed by atoms with van der Waals surface area (Å²) in [5.41, 5.74) is 2.80. The van der Waals surface area contributed by atoms with Crippen LogP contribution in [-0.4, -0.2) is 39.1 Å². The van der Waals surface area contributed by atoms with Gasteiger partial charge < -0.3 is 10.2 Å². The number of nitrogens with zero attached hydrogens (tertiary/aromatic N) is 3. The number of hydrogen-bond acceptors (Lipinski definition) is 3. The Bertz CT molecular complexity index is 1610. The van der Waals surface area contributed by atoms with Gasteiger partial charge in [-0.25, -0.2) is 4.68 Å². The molecule has 0 saturated carbocycles. The van der Waals surface area contributed by atoms with Crippen molar-refractivity contribution >= 4 is 40.0 Å². The van der Waals surface area contributed by atoms with Gasteiger partial charge in [0.2, 0.25) is 5.91 Å². The van der Waals surface area contributed by atoms with Gasteiger partial charge in [0.1, 0.15) is 12.4 Å². The van der Waals surface area contributed by atoms with E-state index in [0.717, 1.165) is 16.3 Å². The molecule has 7 heteroatoms. The molecule has 6 nitrogen and oxygen atoms in total. The van der Waals surface area contributed by atoms with Crippen LogP contribution < -0.4 is 5.32 Å². The third kappa shape index (κ3) is 5.17. The molecule has 190 valence electrons. The molecule has 0 saturated heterocycles. The van der Waals surface area contributed by atoms with Gasteiger partial charge >= 0.3 is 0 Å². The molecule has 0 bridgehead atoms. The molecule has 5 aromatic rings. The fourth-order valence-electron chi connectivity index (χ4n) is 4.42. The van der Waals surface area contributed by atoms with Gasteiger partial charge in [-0.05, 0) is 42.8 Å². The topological polar surface area (TPSA) is 67.2 Å². The van der Waals surface area contributed by atoms with Gasteiger partial charge in [0, 0.05) is 23.2 Å². The summed E-state index contributed by atoms with van der Waals surface area (Å²) >= 11 is 6.48. The summed E-state index contributed by atoms with van der Waals surface area (Å²) in [4.78, 5) is 28.6. The molecule has 38 heavy (non-hydrogen) atoms. The zero-order valence-corrected chi connectivity index (χ0v) is 21.9. The summed E-state index contributed by atoms with van der Waals surface area (Å²) < 4.78 is 1.62. The minimum Gasteiger partial charge on any atom is -0.327 e. The molecule has 0 aliphatic rings. The first kappa shape index (κ1) is 25.2. The van der Waals surface area contributed by atoms with Gasteiger partial charge in [0.15, 0.2) is 0 Å². The van der Waals surface area contributed by atoms with E-state index in [2.05, 4.69) is 5.32 Å². The van der Waals surface area contributed by atoms with Crippen LogP contribution >= 0.6 is 11.6 Å². The van der Waals surface area contributed by atoms with Gasteiger partial charge in [-0.2, -0.15) is 5.10 Å². The second-order valence-electron chi connectivity index (χ2n) is 9.25. The minimum atomic E-state index is -0.333. The van der Waals surface area contributed by atoms with Crippen LogP contribution in [0.4, 0.5) is 5.82 Å². The number of hydrogen-bond donors (Lipinski definition) is 1. The minimum absolute atomic E-state index is 0.117. The summed E-state index contributed by atoms with van der Waals surface area (Å²) in [6.45, 7) is 3.68. The van der Waals surface area contributed by atoms with Gasteiger partial charge in [-0.3, -0.25) is 9.59 Å². The van der Waals surface area contributed by atoms with Gasteiger partial charge in [0.25, 0.3) is 5.91 Å². The molecule has 1 N–H and O–H groups in total. The Morgan fingerprint density at radius 1 is 0.895 bits per heavy atom. The van der Waals surface area contributed by atoms with E-state index in [4.69, 9.17) is 16.7 Å². The predicted molar refractivity (Wildman–Crippen MR) is 153 cm³/mol. The van der Waals surface area contributed by atoms with Crippen molar-refractivity contribution in [2.75, 3.05) is 11.9 Å². The number of para-hydroxylation sites is 1. The predicted octanol–water partition coefficient (Wildman–Crippen LogP) is 6.84. The Morgan fingerprint density at radius 3 is 2.34 bits per heavy atom. The first-order chi connectivity index (χ1) is 18.4. The van der Waals surface area contributed by atoms with Crippen LogP contribution in [0, 0.1) is 0 Å². The van der Waals surface area contributed by atoms with Crippen LogP contribution in [0.15, 0.2) is 103 Å². The first-order valence-corrected chi connectivity index (χ1v) is 12.8. The lowest BCUT2D eigenvalue weighted by Crippen LogP contribution is -2.42. The zero-order valence-electron chi connectivity index (χ0n) is 21.1. The van der Waals surface area contributed by atoms with Gasteiger partial charge in [-0.15, -0.1) is 0 Å². The molecule has 0 aliphatic heterocycles. The molecule has 1 aromatic heterocycles. The lowest BCUT2D eigenvalue weighted by atomic mass is 10.0. The van der Waals surface area contributed by atoms with Crippen molar-refractivity contribution in [3.05, 3.63) is 114 Å². The molecule has 4 aromatic carbocycles. The maximum absolute atomic E-state index is 13.6. The summed E-state index contributed by atoms with van der Waals surface area (Å²) in [6.07, 6.45) is 0. The SMILES string of the molecule is CC(C)N(CC(=O)Nc1cc(-c2ccccc2)nn1-c1ccccc1Cl)C(=O)c1cccc2ccccc12. The van der Waals surface area contributed by atoms with Crippen LogP contribution in [0.3, 0.4) is 0 Å². The molecule has 5 rings (SSSR count). The number of nitrogens with one attached hydrogen (secondary N) is 1. The number of halogens is 1. The third-order valence-corrected chi connectivity index (χ3v) is 6.66. The van der Waals surface area contributed by atoms with Crippen LogP contribution in [0.2, 0.25) is 5.02 Å². The maximum Gasteiger partial charge on any atom is 0.255 e. The molecule has 0 fully saturated rings. The molecular weight excluding hydrogens is 496 g/mol. The number of anilines is 1. The van der Waals surface area contributed by atoms with Crippen molar-refractivity contribution in [3.63, 3.8) is 0 Å². The Hall–Kier alpha value is -4.42. The van der Waals surface area contributed by atoms with E-state index in [9.17, 15) is 9.59 Å². The molecule has 0 atom stereocenters. The lowest BCUT2D eigenvalue weighted by Gasteiger charge is -2.27. The summed E-state index contributed by atoms with van der Waals surface area (Å²) in [6, 6.07) is 32.0. The normalized spacial score (nSPS) is 11.1. The number of rotatable bonds is 7. The Labute approximate surface area is 226 Å². The molecule has 0 unspecified atom stereocenters. The molecular formula is C31H27ClN4O2. The highest BCUT2D eigenvalue weighted by molar-refractivity contribution is 6.32. The van der Waals surface area contributed by atoms with E-state index in [1.54, 1.807) is 21.7 Å². The molecule has 0 aliphatic carbocycles. The number of amides is 2. The van der Waals surface area contributed by atoms with Crippen LogP contribution in [0.5, 0.6) is 0 Å². The molecule has 2 amide bonds. The van der Waals surface area contributed by atoms with Gasteiger partial charge in [0.05, 0.1) is 16.4 Å². The first-order valence-electron chi connectivity index (χ1n) is 12.4. The average molecular weight is 523 g/mol. The monoisotopic (exact) mass is 522 g/mol. The quantitative estimate of drug-likeness (QED) is 0.254. The van der Waals surface area contributed by atoms with Crippen molar-refractivity contribution in [1.29, 1.82) is 0 Å². The van der Waals surface area contributed by atoms with Crippen molar-refractivity contribution < 1.29 is 9.59 Å². The zero-order chi connectivity index (χ0) is 26.6. The highest BCUT2D eigenvalue weighted by atomic mass is 35.5. The van der Waals surface area contributed by atoms with E-state index in [1.807, 2.05) is 105 Å². The number of fused-ring (bicyclic) bond motifs is 1. The van der Waals surface area contributed by atoms with Crippen molar-refractivity contribution in [2.45, 2.75) is 19.9 Å². The average Bonchev–Trinajstić information content (AvgIpc) is 3.35. The molecule has 1 heterocycles. The lowest BCUT2D eigenvalue weighted by molar-refractivity contribution is -0.117. The fourth-order valence-corrected chi connectivity index (χ4v) is 4.64. The van der Waals surface area contributed by atoms with Crippen molar-refractivity contribution in [1.82, 2.24) is 14.7 Å². The summed E-state index contributed by atoms with van der Waals surface area (Å²) in [5, 5.41) is 10.0. The molecule has 0 radical (unpaired) electrons. The standard InChI is InChI=1S/C31H27ClN4O2/c1-21(2)35(31(38)25-16-10-14-22-11-6-7-15-24(22)25)20-30(37)33-29-19-27(23-12-4-3-5-13-23)34-36(29)28-18-9-8-17-26(28)32/h3-19,21H,20H2,1-2H3,(H,33,37). The number of benzene rings is 4.